The number of hydrogen-bond donors (Lipinski definition) is 1. The number of piperidine rings is 1. The predicted molar refractivity (Wildman–Crippen MR) is 121 cm³/mol. The Kier molecular flexibility index (Phi) is 6.49. The molecule has 0 saturated carbocycles. The van der Waals surface area contributed by atoms with Crippen molar-refractivity contribution >= 4 is 17.5 Å². The van der Waals surface area contributed by atoms with Crippen LogP contribution in [0.15, 0.2) is 54.9 Å². The van der Waals surface area contributed by atoms with Gasteiger partial charge in [0.1, 0.15) is 17.3 Å². The number of rotatable bonds is 6. The molecule has 0 unspecified atom stereocenters. The van der Waals surface area contributed by atoms with Gasteiger partial charge in [-0.3, -0.25) is 4.79 Å². The Bertz CT molecular complexity index is 1070. The second-order valence-corrected chi connectivity index (χ2v) is 7.66. The summed E-state index contributed by atoms with van der Waals surface area (Å²) in [6, 6.07) is 11.6. The Labute approximate surface area is 186 Å². The van der Waals surface area contributed by atoms with Gasteiger partial charge in [0.25, 0.3) is 0 Å². The SMILES string of the molecule is COc1cc(NC(=O)[C@@H]2CCCN(c3ncc(-c4cccc(F)c4)cn3)C2)cc(OC)c1. The molecule has 0 radical (unpaired) electrons. The van der Waals surface area contributed by atoms with E-state index in [0.29, 0.717) is 29.7 Å². The molecule has 8 heteroatoms. The highest BCUT2D eigenvalue weighted by Crippen LogP contribution is 2.28. The van der Waals surface area contributed by atoms with E-state index in [-0.39, 0.29) is 17.6 Å². The molecular weight excluding hydrogens is 411 g/mol. The number of carbonyl (C=O) groups is 1. The van der Waals surface area contributed by atoms with Crippen molar-refractivity contribution in [1.29, 1.82) is 0 Å². The summed E-state index contributed by atoms with van der Waals surface area (Å²) in [5, 5.41) is 2.97. The molecule has 2 heterocycles. The molecule has 32 heavy (non-hydrogen) atoms. The van der Waals surface area contributed by atoms with Gasteiger partial charge in [-0.25, -0.2) is 14.4 Å². The predicted octanol–water partition coefficient (Wildman–Crippen LogP) is 4.16. The van der Waals surface area contributed by atoms with Crippen molar-refractivity contribution in [1.82, 2.24) is 9.97 Å². The van der Waals surface area contributed by atoms with E-state index >= 15 is 0 Å². The van der Waals surface area contributed by atoms with Crippen LogP contribution >= 0.6 is 0 Å². The van der Waals surface area contributed by atoms with Crippen molar-refractivity contribution in [2.45, 2.75) is 12.8 Å². The molecule has 0 spiro atoms. The third-order valence-electron chi connectivity index (χ3n) is 5.49. The van der Waals surface area contributed by atoms with Crippen LogP contribution < -0.4 is 19.7 Å². The van der Waals surface area contributed by atoms with Crippen LogP contribution in [-0.4, -0.2) is 43.2 Å². The van der Waals surface area contributed by atoms with Crippen LogP contribution in [0.5, 0.6) is 11.5 Å². The fraction of sp³-hybridized carbons (Fsp3) is 0.292. The first-order chi connectivity index (χ1) is 15.6. The normalized spacial score (nSPS) is 15.8. The molecule has 166 valence electrons. The van der Waals surface area contributed by atoms with E-state index < -0.39 is 0 Å². The number of anilines is 2. The van der Waals surface area contributed by atoms with Crippen molar-refractivity contribution < 1.29 is 18.7 Å². The summed E-state index contributed by atoms with van der Waals surface area (Å²) in [4.78, 5) is 23.8. The number of nitrogens with zero attached hydrogens (tertiary/aromatic N) is 3. The Morgan fingerprint density at radius 3 is 2.44 bits per heavy atom. The number of halogens is 1. The molecule has 1 aliphatic heterocycles. The van der Waals surface area contributed by atoms with Crippen LogP contribution in [0.3, 0.4) is 0 Å². The zero-order valence-electron chi connectivity index (χ0n) is 18.0. The van der Waals surface area contributed by atoms with Crippen LogP contribution in [0.2, 0.25) is 0 Å². The van der Waals surface area contributed by atoms with Gasteiger partial charge < -0.3 is 19.7 Å². The summed E-state index contributed by atoms with van der Waals surface area (Å²) in [6.07, 6.45) is 5.01. The molecule has 1 amide bonds. The highest BCUT2D eigenvalue weighted by Gasteiger charge is 2.27. The average molecular weight is 436 g/mol. The van der Waals surface area contributed by atoms with Gasteiger partial charge in [0.15, 0.2) is 0 Å². The minimum atomic E-state index is -0.301. The topological polar surface area (TPSA) is 76.6 Å². The zero-order chi connectivity index (χ0) is 22.5. The second-order valence-electron chi connectivity index (χ2n) is 7.66. The molecule has 1 saturated heterocycles. The molecule has 7 nitrogen and oxygen atoms in total. The van der Waals surface area contributed by atoms with Gasteiger partial charge >= 0.3 is 0 Å². The quantitative estimate of drug-likeness (QED) is 0.626. The first kappa shape index (κ1) is 21.5. The Hall–Kier alpha value is -3.68. The number of ether oxygens (including phenoxy) is 2. The molecular formula is C24H25FN4O3. The van der Waals surface area contributed by atoms with E-state index in [1.807, 2.05) is 11.0 Å². The highest BCUT2D eigenvalue weighted by atomic mass is 19.1. The van der Waals surface area contributed by atoms with Gasteiger partial charge in [-0.1, -0.05) is 12.1 Å². The maximum Gasteiger partial charge on any atom is 0.229 e. The molecule has 3 aromatic rings. The summed E-state index contributed by atoms with van der Waals surface area (Å²) in [5.41, 5.74) is 2.09. The first-order valence-corrected chi connectivity index (χ1v) is 10.4. The smallest absolute Gasteiger partial charge is 0.229 e. The summed E-state index contributed by atoms with van der Waals surface area (Å²) in [6.45, 7) is 1.29. The summed E-state index contributed by atoms with van der Waals surface area (Å²) in [7, 11) is 3.14. The van der Waals surface area contributed by atoms with Gasteiger partial charge in [0.2, 0.25) is 11.9 Å². The summed E-state index contributed by atoms with van der Waals surface area (Å²) >= 11 is 0. The van der Waals surface area contributed by atoms with Crippen molar-refractivity contribution in [3.63, 3.8) is 0 Å². The van der Waals surface area contributed by atoms with Crippen LogP contribution in [0.1, 0.15) is 12.8 Å². The third-order valence-corrected chi connectivity index (χ3v) is 5.49. The lowest BCUT2D eigenvalue weighted by molar-refractivity contribution is -0.120. The van der Waals surface area contributed by atoms with E-state index in [1.54, 1.807) is 50.9 Å². The van der Waals surface area contributed by atoms with Crippen LogP contribution in [-0.2, 0) is 4.79 Å². The van der Waals surface area contributed by atoms with E-state index in [4.69, 9.17) is 9.47 Å². The van der Waals surface area contributed by atoms with Crippen molar-refractivity contribution in [3.05, 3.63) is 60.7 Å². The number of aromatic nitrogens is 2. The summed E-state index contributed by atoms with van der Waals surface area (Å²) in [5.74, 6) is 1.21. The number of amides is 1. The second kappa shape index (κ2) is 9.64. The van der Waals surface area contributed by atoms with Gasteiger partial charge in [-0.2, -0.15) is 0 Å². The fourth-order valence-electron chi connectivity index (χ4n) is 3.80. The standard InChI is InChI=1S/C24H25FN4O3/c1-31-21-10-20(11-22(12-21)32-2)28-23(30)17-6-4-8-29(15-17)24-26-13-18(14-27-24)16-5-3-7-19(25)9-16/h3,5,7,9-14,17H,4,6,8,15H2,1-2H3,(H,28,30)/t17-/m1/s1. The molecule has 0 aliphatic carbocycles. The van der Waals surface area contributed by atoms with Crippen molar-refractivity contribution in [2.75, 3.05) is 37.5 Å². The van der Waals surface area contributed by atoms with Crippen molar-refractivity contribution in [2.24, 2.45) is 5.92 Å². The average Bonchev–Trinajstić information content (AvgIpc) is 2.84. The minimum Gasteiger partial charge on any atom is -0.497 e. The molecule has 1 aromatic heterocycles. The number of benzene rings is 2. The van der Waals surface area contributed by atoms with E-state index in [9.17, 15) is 9.18 Å². The maximum absolute atomic E-state index is 13.5. The number of methoxy groups -OCH3 is 2. The maximum atomic E-state index is 13.5. The molecule has 2 aromatic carbocycles. The molecule has 1 atom stereocenters. The fourth-order valence-corrected chi connectivity index (χ4v) is 3.80. The Morgan fingerprint density at radius 2 is 1.78 bits per heavy atom. The van der Waals surface area contributed by atoms with Crippen molar-refractivity contribution in [3.8, 4) is 22.6 Å². The van der Waals surface area contributed by atoms with Crippen LogP contribution in [0.25, 0.3) is 11.1 Å². The molecule has 1 N–H and O–H groups in total. The Balaban J connectivity index is 1.43. The van der Waals surface area contributed by atoms with Crippen LogP contribution in [0, 0.1) is 11.7 Å². The number of carbonyl (C=O) groups excluding carboxylic acids is 1. The summed E-state index contributed by atoms with van der Waals surface area (Å²) < 4.78 is 24.0. The molecule has 1 aliphatic rings. The van der Waals surface area contributed by atoms with Gasteiger partial charge in [0.05, 0.1) is 20.1 Å². The molecule has 1 fully saturated rings. The molecule has 0 bridgehead atoms. The highest BCUT2D eigenvalue weighted by molar-refractivity contribution is 5.93. The van der Waals surface area contributed by atoms with Gasteiger partial charge in [-0.05, 0) is 30.5 Å². The van der Waals surface area contributed by atoms with E-state index in [2.05, 4.69) is 15.3 Å². The number of nitrogens with one attached hydrogen (secondary N) is 1. The first-order valence-electron chi connectivity index (χ1n) is 10.4. The van der Waals surface area contributed by atoms with E-state index in [0.717, 1.165) is 30.5 Å². The lowest BCUT2D eigenvalue weighted by Crippen LogP contribution is -2.41. The largest absolute Gasteiger partial charge is 0.497 e. The number of hydrogen-bond acceptors (Lipinski definition) is 6. The Morgan fingerprint density at radius 1 is 1.06 bits per heavy atom. The van der Waals surface area contributed by atoms with Gasteiger partial charge in [0, 0.05) is 54.9 Å². The van der Waals surface area contributed by atoms with E-state index in [1.165, 1.54) is 12.1 Å². The lowest BCUT2D eigenvalue weighted by atomic mass is 9.97. The monoisotopic (exact) mass is 436 g/mol. The molecule has 4 rings (SSSR count). The van der Waals surface area contributed by atoms with Crippen LogP contribution in [0.4, 0.5) is 16.0 Å². The van der Waals surface area contributed by atoms with Gasteiger partial charge in [-0.15, -0.1) is 0 Å². The minimum absolute atomic E-state index is 0.0682. The zero-order valence-corrected chi connectivity index (χ0v) is 18.0. The lowest BCUT2D eigenvalue weighted by Gasteiger charge is -2.32. The third kappa shape index (κ3) is 4.96.